The molecule has 3 N–H and O–H groups in total. The molecule has 0 fully saturated rings. The minimum atomic E-state index is -4.36. The van der Waals surface area contributed by atoms with Crippen molar-refractivity contribution in [3.05, 3.63) is 24.3 Å². The maximum Gasteiger partial charge on any atom is 0.472 e. The van der Waals surface area contributed by atoms with Crippen LogP contribution in [-0.2, 0) is 18.4 Å². The average Bonchev–Trinajstić information content (AvgIpc) is 3.41. The van der Waals surface area contributed by atoms with Crippen molar-refractivity contribution in [3.63, 3.8) is 0 Å². The van der Waals surface area contributed by atoms with E-state index >= 15 is 0 Å². The third-order valence-corrected chi connectivity index (χ3v) is 17.2. The Morgan fingerprint density at radius 1 is 0.423 bits per heavy atom. The number of likely N-dealkylation sites (N-methyl/N-ethyl adjacent to an activating group) is 1. The number of allylic oxidation sites excluding steroid dienone is 3. The molecule has 3 atom stereocenters. The predicted octanol–water partition coefficient (Wildman–Crippen LogP) is 21.9. The molecule has 0 bridgehead atoms. The zero-order valence-electron chi connectivity index (χ0n) is 53.2. The van der Waals surface area contributed by atoms with E-state index in [4.69, 9.17) is 9.05 Å². The Hall–Kier alpha value is -1.02. The number of phosphoric acid groups is 1. The fraction of sp³-hybridized carbons (Fsp3) is 0.928. The van der Waals surface area contributed by atoms with Crippen LogP contribution in [0.5, 0.6) is 0 Å². The SMILES string of the molecule is CCCCCCCCCCCCCCCCCCCCCCCCC/C=C/CC/C=C/C(O)C(COP(=O)(O)OCC[N+](C)(C)C)NC(=O)CCCCCCCCCCCCCCCCCCCCCCCCCCCCC. The first kappa shape index (κ1) is 77.0. The van der Waals surface area contributed by atoms with E-state index in [0.717, 1.165) is 38.5 Å². The summed E-state index contributed by atoms with van der Waals surface area (Å²) >= 11 is 0. The van der Waals surface area contributed by atoms with Crippen LogP contribution in [0.4, 0.5) is 0 Å². The van der Waals surface area contributed by atoms with Gasteiger partial charge in [-0.3, -0.25) is 13.8 Å². The molecule has 0 radical (unpaired) electrons. The summed E-state index contributed by atoms with van der Waals surface area (Å²) < 4.78 is 23.8. The van der Waals surface area contributed by atoms with E-state index in [2.05, 4.69) is 31.3 Å². The number of aliphatic hydroxyl groups is 1. The number of hydrogen-bond donors (Lipinski definition) is 3. The van der Waals surface area contributed by atoms with E-state index in [9.17, 15) is 19.4 Å². The molecule has 0 aromatic rings. The van der Waals surface area contributed by atoms with Crippen LogP contribution in [0.25, 0.3) is 0 Å². The number of nitrogens with one attached hydrogen (secondary N) is 1. The fourth-order valence-electron chi connectivity index (χ4n) is 10.8. The normalized spacial score (nSPS) is 13.8. The second-order valence-corrected chi connectivity index (χ2v) is 26.7. The molecule has 0 saturated carbocycles. The van der Waals surface area contributed by atoms with Crippen LogP contribution in [0, 0.1) is 0 Å². The zero-order chi connectivity index (χ0) is 57.0. The quantitative estimate of drug-likeness (QED) is 0.0243. The highest BCUT2D eigenvalue weighted by molar-refractivity contribution is 7.47. The van der Waals surface area contributed by atoms with Gasteiger partial charge in [0.25, 0.3) is 0 Å². The molecule has 78 heavy (non-hydrogen) atoms. The van der Waals surface area contributed by atoms with Crippen molar-refractivity contribution in [2.24, 2.45) is 0 Å². The largest absolute Gasteiger partial charge is 0.472 e. The van der Waals surface area contributed by atoms with Gasteiger partial charge in [-0.25, -0.2) is 4.57 Å². The summed E-state index contributed by atoms with van der Waals surface area (Å²) in [6, 6.07) is -0.862. The number of carbonyl (C=O) groups is 1. The Kier molecular flexibility index (Phi) is 59.8. The molecule has 8 nitrogen and oxygen atoms in total. The lowest BCUT2D eigenvalue weighted by molar-refractivity contribution is -0.870. The van der Waals surface area contributed by atoms with Gasteiger partial charge in [0, 0.05) is 6.42 Å². The molecule has 0 aromatic heterocycles. The molecule has 0 heterocycles. The summed E-state index contributed by atoms with van der Waals surface area (Å²) in [5.74, 6) is -0.178. The first-order valence-corrected chi connectivity index (χ1v) is 36.2. The number of hydrogen-bond acceptors (Lipinski definition) is 5. The van der Waals surface area contributed by atoms with E-state index in [1.165, 1.54) is 302 Å². The number of phosphoric ester groups is 1. The van der Waals surface area contributed by atoms with Crippen LogP contribution >= 0.6 is 7.82 Å². The zero-order valence-corrected chi connectivity index (χ0v) is 54.1. The van der Waals surface area contributed by atoms with Crippen molar-refractivity contribution in [1.82, 2.24) is 5.32 Å². The van der Waals surface area contributed by atoms with Crippen molar-refractivity contribution in [2.75, 3.05) is 40.9 Å². The summed E-state index contributed by atoms with van der Waals surface area (Å²) in [7, 11) is 1.57. The predicted molar refractivity (Wildman–Crippen MR) is 342 cm³/mol. The Bertz CT molecular complexity index is 1320. The first-order chi connectivity index (χ1) is 38.0. The van der Waals surface area contributed by atoms with Crippen LogP contribution in [0.2, 0.25) is 0 Å². The van der Waals surface area contributed by atoms with Crippen LogP contribution in [-0.4, -0.2) is 73.4 Å². The lowest BCUT2D eigenvalue weighted by Crippen LogP contribution is -2.45. The molecule has 0 aliphatic rings. The summed E-state index contributed by atoms with van der Waals surface area (Å²) in [5, 5.41) is 14.0. The molecule has 0 saturated heterocycles. The Balaban J connectivity index is 4.08. The number of rotatable bonds is 65. The van der Waals surface area contributed by atoms with E-state index in [1.807, 2.05) is 27.2 Å². The second kappa shape index (κ2) is 60.6. The molecular weight excluding hydrogens is 984 g/mol. The third-order valence-electron chi connectivity index (χ3n) is 16.2. The molecule has 3 unspecified atom stereocenters. The number of unbranched alkanes of at least 4 members (excludes halogenated alkanes) is 50. The van der Waals surface area contributed by atoms with Gasteiger partial charge >= 0.3 is 7.82 Å². The van der Waals surface area contributed by atoms with Crippen LogP contribution < -0.4 is 5.32 Å². The van der Waals surface area contributed by atoms with Gasteiger partial charge in [-0.15, -0.1) is 0 Å². The van der Waals surface area contributed by atoms with Crippen LogP contribution in [0.1, 0.15) is 361 Å². The average molecular weight is 1120 g/mol. The summed E-state index contributed by atoms with van der Waals surface area (Å²) in [6.07, 6.45) is 79.1. The Morgan fingerprint density at radius 3 is 1.03 bits per heavy atom. The van der Waals surface area contributed by atoms with Gasteiger partial charge < -0.3 is 19.8 Å². The minimum Gasteiger partial charge on any atom is -0.387 e. The molecule has 0 aromatic carbocycles. The van der Waals surface area contributed by atoms with Crippen molar-refractivity contribution in [2.45, 2.75) is 373 Å². The minimum absolute atomic E-state index is 0.0591. The number of aliphatic hydroxyl groups excluding tert-OH is 1. The number of amides is 1. The van der Waals surface area contributed by atoms with Gasteiger partial charge in [0.05, 0.1) is 39.9 Å². The van der Waals surface area contributed by atoms with Gasteiger partial charge in [-0.2, -0.15) is 0 Å². The Labute approximate surface area is 487 Å². The topological polar surface area (TPSA) is 105 Å². The van der Waals surface area contributed by atoms with Gasteiger partial charge in [0.15, 0.2) is 0 Å². The molecule has 0 rings (SSSR count). The molecule has 464 valence electrons. The summed E-state index contributed by atoms with van der Waals surface area (Å²) in [4.78, 5) is 23.4. The summed E-state index contributed by atoms with van der Waals surface area (Å²) in [6.45, 7) is 4.86. The first-order valence-electron chi connectivity index (χ1n) is 34.7. The monoisotopic (exact) mass is 1120 g/mol. The smallest absolute Gasteiger partial charge is 0.387 e. The molecule has 1 amide bonds. The second-order valence-electron chi connectivity index (χ2n) is 25.3. The van der Waals surface area contributed by atoms with E-state index in [1.54, 1.807) is 6.08 Å². The third kappa shape index (κ3) is 62.6. The van der Waals surface area contributed by atoms with E-state index in [-0.39, 0.29) is 19.1 Å². The highest BCUT2D eigenvalue weighted by Crippen LogP contribution is 2.43. The fourth-order valence-corrected chi connectivity index (χ4v) is 11.5. The molecule has 0 aliphatic carbocycles. The van der Waals surface area contributed by atoms with Crippen molar-refractivity contribution < 1.29 is 32.9 Å². The molecule has 9 heteroatoms. The van der Waals surface area contributed by atoms with Crippen molar-refractivity contribution in [1.29, 1.82) is 0 Å². The maximum absolute atomic E-state index is 13.0. The molecular formula is C69H138N2O6P+. The summed E-state index contributed by atoms with van der Waals surface area (Å²) in [5.41, 5.74) is 0. The number of quaternary nitrogens is 1. The van der Waals surface area contributed by atoms with E-state index in [0.29, 0.717) is 17.4 Å². The number of carbonyl (C=O) groups excluding carboxylic acids is 1. The van der Waals surface area contributed by atoms with Gasteiger partial charge in [0.2, 0.25) is 5.91 Å². The lowest BCUT2D eigenvalue weighted by Gasteiger charge is -2.25. The Morgan fingerprint density at radius 2 is 0.705 bits per heavy atom. The van der Waals surface area contributed by atoms with Crippen molar-refractivity contribution >= 4 is 13.7 Å². The van der Waals surface area contributed by atoms with Crippen LogP contribution in [0.3, 0.4) is 0 Å². The number of nitrogens with zero attached hydrogens (tertiary/aromatic N) is 1. The lowest BCUT2D eigenvalue weighted by atomic mass is 10.0. The molecule has 0 aliphatic heterocycles. The van der Waals surface area contributed by atoms with Gasteiger partial charge in [-0.1, -0.05) is 346 Å². The standard InChI is InChI=1S/C69H137N2O6P/c1-6-8-10-12-14-16-18-20-22-24-26-28-30-32-34-35-37-38-40-42-44-46-48-50-52-54-56-58-60-62-68(72)67(66-77-78(74,75)76-65-64-71(3,4)5)70-69(73)63-61-59-57-55-53-51-49-47-45-43-41-39-36-33-31-29-27-25-23-21-19-17-15-13-11-9-7-2/h52,54,60,62,67-68,72H,6-51,53,55-59,61,63-66H2,1-5H3,(H-,70,73,74,75)/p+1/b54-52+,62-60+. The maximum atomic E-state index is 13.0. The van der Waals surface area contributed by atoms with Crippen LogP contribution in [0.15, 0.2) is 24.3 Å². The van der Waals surface area contributed by atoms with Gasteiger partial charge in [-0.05, 0) is 32.1 Å². The highest BCUT2D eigenvalue weighted by Gasteiger charge is 2.28. The molecule has 0 spiro atoms. The van der Waals surface area contributed by atoms with Crippen molar-refractivity contribution in [3.8, 4) is 0 Å². The van der Waals surface area contributed by atoms with Gasteiger partial charge in [0.1, 0.15) is 13.2 Å². The highest BCUT2D eigenvalue weighted by atomic mass is 31.2. The van der Waals surface area contributed by atoms with E-state index < -0.39 is 20.0 Å².